The van der Waals surface area contributed by atoms with E-state index in [1.165, 1.54) is 38.5 Å². The van der Waals surface area contributed by atoms with E-state index in [1.807, 2.05) is 19.1 Å². The quantitative estimate of drug-likeness (QED) is 0.211. The number of unbranched alkanes of at least 4 members (excludes halogenated alkanes) is 8. The Morgan fingerprint density at radius 1 is 0.889 bits per heavy atom. The molecule has 4 nitrogen and oxygen atoms in total. The topological polar surface area (TPSA) is 52.6 Å². The maximum absolute atomic E-state index is 12.7. The van der Waals surface area contributed by atoms with Crippen LogP contribution < -0.4 is 0 Å². The van der Waals surface area contributed by atoms with Crippen LogP contribution in [0.5, 0.6) is 0 Å². The van der Waals surface area contributed by atoms with Gasteiger partial charge >= 0.3 is 11.9 Å². The number of esters is 2. The van der Waals surface area contributed by atoms with E-state index in [0.29, 0.717) is 19.6 Å². The average Bonchev–Trinajstić information content (AvgIpc) is 2.67. The Morgan fingerprint density at radius 2 is 1.44 bits per heavy atom. The molecule has 156 valence electrons. The normalized spacial score (nSPS) is 21.8. The number of ether oxygens (including phenoxy) is 2. The third-order valence-corrected chi connectivity index (χ3v) is 5.51. The zero-order valence-corrected chi connectivity index (χ0v) is 17.8. The second kappa shape index (κ2) is 13.8. The molecular formula is C23H40O4. The first-order valence-corrected chi connectivity index (χ1v) is 11.1. The molecule has 1 rings (SSSR count). The summed E-state index contributed by atoms with van der Waals surface area (Å²) in [5.41, 5.74) is -0.902. The van der Waals surface area contributed by atoms with Gasteiger partial charge in [-0.2, -0.15) is 0 Å². The van der Waals surface area contributed by atoms with Crippen LogP contribution in [0.1, 0.15) is 97.8 Å². The number of allylic oxidation sites excluding steroid dienone is 1. The highest BCUT2D eigenvalue weighted by Gasteiger charge is 2.46. The summed E-state index contributed by atoms with van der Waals surface area (Å²) in [5, 5.41) is 0. The first-order chi connectivity index (χ1) is 13.1. The molecule has 0 aromatic rings. The van der Waals surface area contributed by atoms with Gasteiger partial charge in [-0.25, -0.2) is 0 Å². The van der Waals surface area contributed by atoms with Crippen molar-refractivity contribution in [2.24, 2.45) is 11.3 Å². The lowest BCUT2D eigenvalue weighted by Crippen LogP contribution is -2.42. The van der Waals surface area contributed by atoms with Gasteiger partial charge in [0.25, 0.3) is 0 Å². The molecule has 0 radical (unpaired) electrons. The van der Waals surface area contributed by atoms with Gasteiger partial charge < -0.3 is 9.47 Å². The minimum atomic E-state index is -0.902. The molecule has 2 unspecified atom stereocenters. The van der Waals surface area contributed by atoms with Crippen molar-refractivity contribution in [1.29, 1.82) is 0 Å². The molecular weight excluding hydrogens is 340 g/mol. The lowest BCUT2D eigenvalue weighted by molar-refractivity contribution is -0.166. The van der Waals surface area contributed by atoms with Crippen molar-refractivity contribution >= 4 is 11.9 Å². The molecule has 0 bridgehead atoms. The minimum absolute atomic E-state index is 0.253. The summed E-state index contributed by atoms with van der Waals surface area (Å²) < 4.78 is 11.0. The van der Waals surface area contributed by atoms with E-state index in [1.54, 1.807) is 0 Å². The smallest absolute Gasteiger partial charge is 0.316 e. The average molecular weight is 381 g/mol. The highest BCUT2D eigenvalue weighted by atomic mass is 16.5. The number of rotatable bonds is 14. The van der Waals surface area contributed by atoms with E-state index in [2.05, 4.69) is 13.8 Å². The van der Waals surface area contributed by atoms with E-state index >= 15 is 0 Å². The third kappa shape index (κ3) is 8.49. The van der Waals surface area contributed by atoms with E-state index in [4.69, 9.17) is 9.47 Å². The van der Waals surface area contributed by atoms with Crippen LogP contribution in [0, 0.1) is 11.3 Å². The zero-order chi connectivity index (χ0) is 20.0. The number of carbonyl (C=O) groups excluding carboxylic acids is 2. The standard InChI is InChI=1S/C23H40O4/c1-4-6-8-10-14-18-26-21(24)20-16-12-13-17-23(20,3)22(25)27-19-15-11-9-7-5-2/h13,17,20H,4-12,14-16,18-19H2,1-3H3. The molecule has 0 amide bonds. The molecule has 0 aromatic heterocycles. The molecule has 0 aliphatic heterocycles. The van der Waals surface area contributed by atoms with Crippen LogP contribution in [-0.4, -0.2) is 25.2 Å². The SMILES string of the molecule is CCCCCCCOC(=O)C1CCC=CC1(C)C(=O)OCCCCCCC. The summed E-state index contributed by atoms with van der Waals surface area (Å²) in [5.74, 6) is -0.984. The molecule has 4 heteroatoms. The van der Waals surface area contributed by atoms with Crippen molar-refractivity contribution < 1.29 is 19.1 Å². The maximum Gasteiger partial charge on any atom is 0.316 e. The van der Waals surface area contributed by atoms with Crippen LogP contribution in [0.2, 0.25) is 0 Å². The molecule has 27 heavy (non-hydrogen) atoms. The maximum atomic E-state index is 12.7. The van der Waals surface area contributed by atoms with Gasteiger partial charge in [-0.3, -0.25) is 9.59 Å². The van der Waals surface area contributed by atoms with E-state index in [0.717, 1.165) is 32.1 Å². The fraction of sp³-hybridized carbons (Fsp3) is 0.826. The Kier molecular flexibility index (Phi) is 12.1. The van der Waals surface area contributed by atoms with E-state index in [-0.39, 0.29) is 11.9 Å². The van der Waals surface area contributed by atoms with Crippen molar-refractivity contribution in [3.63, 3.8) is 0 Å². The van der Waals surface area contributed by atoms with Crippen LogP contribution in [0.15, 0.2) is 12.2 Å². The van der Waals surface area contributed by atoms with Crippen LogP contribution >= 0.6 is 0 Å². The molecule has 0 spiro atoms. The lowest BCUT2D eigenvalue weighted by Gasteiger charge is -2.34. The molecule has 0 saturated heterocycles. The summed E-state index contributed by atoms with van der Waals surface area (Å²) in [6, 6.07) is 0. The Labute approximate surface area is 166 Å². The van der Waals surface area contributed by atoms with Gasteiger partial charge in [0.15, 0.2) is 0 Å². The molecule has 0 fully saturated rings. The number of hydrogen-bond acceptors (Lipinski definition) is 4. The molecule has 0 N–H and O–H groups in total. The first-order valence-electron chi connectivity index (χ1n) is 11.1. The first kappa shape index (κ1) is 23.7. The van der Waals surface area contributed by atoms with E-state index < -0.39 is 11.3 Å². The molecule has 1 aliphatic rings. The van der Waals surface area contributed by atoms with Crippen molar-refractivity contribution in [2.75, 3.05) is 13.2 Å². The molecule has 0 saturated carbocycles. The third-order valence-electron chi connectivity index (χ3n) is 5.51. The Bertz CT molecular complexity index is 457. The van der Waals surface area contributed by atoms with Crippen LogP contribution in [0.4, 0.5) is 0 Å². The molecule has 1 aliphatic carbocycles. The highest BCUT2D eigenvalue weighted by Crippen LogP contribution is 2.38. The van der Waals surface area contributed by atoms with Gasteiger partial charge in [0, 0.05) is 0 Å². The Morgan fingerprint density at radius 3 is 2.04 bits per heavy atom. The second-order valence-corrected chi connectivity index (χ2v) is 7.95. The fourth-order valence-corrected chi connectivity index (χ4v) is 3.58. The molecule has 0 aromatic carbocycles. The number of carbonyl (C=O) groups is 2. The second-order valence-electron chi connectivity index (χ2n) is 7.95. The highest BCUT2D eigenvalue weighted by molar-refractivity contribution is 5.87. The predicted molar refractivity (Wildman–Crippen MR) is 109 cm³/mol. The summed E-state index contributed by atoms with van der Waals surface area (Å²) >= 11 is 0. The van der Waals surface area contributed by atoms with Crippen LogP contribution in [0.3, 0.4) is 0 Å². The van der Waals surface area contributed by atoms with E-state index in [9.17, 15) is 9.59 Å². The van der Waals surface area contributed by atoms with Crippen molar-refractivity contribution in [2.45, 2.75) is 97.8 Å². The van der Waals surface area contributed by atoms with Gasteiger partial charge in [0.2, 0.25) is 0 Å². The Balaban J connectivity index is 2.44. The van der Waals surface area contributed by atoms with Gasteiger partial charge in [-0.15, -0.1) is 0 Å². The summed E-state index contributed by atoms with van der Waals surface area (Å²) in [6.45, 7) is 7.06. The summed E-state index contributed by atoms with van der Waals surface area (Å²) in [4.78, 5) is 25.3. The largest absolute Gasteiger partial charge is 0.465 e. The monoisotopic (exact) mass is 380 g/mol. The van der Waals surface area contributed by atoms with Crippen LogP contribution in [0.25, 0.3) is 0 Å². The lowest BCUT2D eigenvalue weighted by atomic mass is 9.71. The Hall–Kier alpha value is -1.32. The van der Waals surface area contributed by atoms with Gasteiger partial charge in [-0.1, -0.05) is 77.4 Å². The van der Waals surface area contributed by atoms with Crippen LogP contribution in [-0.2, 0) is 19.1 Å². The van der Waals surface area contributed by atoms with Gasteiger partial charge in [0.05, 0.1) is 24.5 Å². The summed E-state index contributed by atoms with van der Waals surface area (Å²) in [7, 11) is 0. The molecule has 2 atom stereocenters. The molecule has 0 heterocycles. The predicted octanol–water partition coefficient (Wildman–Crippen LogP) is 5.99. The summed E-state index contributed by atoms with van der Waals surface area (Å²) in [6.07, 6.45) is 16.4. The van der Waals surface area contributed by atoms with Crippen molar-refractivity contribution in [1.82, 2.24) is 0 Å². The van der Waals surface area contributed by atoms with Crippen molar-refractivity contribution in [3.8, 4) is 0 Å². The number of hydrogen-bond donors (Lipinski definition) is 0. The van der Waals surface area contributed by atoms with Gasteiger partial charge in [-0.05, 0) is 32.6 Å². The fourth-order valence-electron chi connectivity index (χ4n) is 3.58. The minimum Gasteiger partial charge on any atom is -0.465 e. The van der Waals surface area contributed by atoms with Gasteiger partial charge in [0.1, 0.15) is 0 Å². The zero-order valence-electron chi connectivity index (χ0n) is 17.8. The van der Waals surface area contributed by atoms with Crippen molar-refractivity contribution in [3.05, 3.63) is 12.2 Å².